The highest BCUT2D eigenvalue weighted by molar-refractivity contribution is 6.05. The number of hydrogen-bond donors (Lipinski definition) is 1. The van der Waals surface area contributed by atoms with E-state index in [-0.39, 0.29) is 23.9 Å². The van der Waals surface area contributed by atoms with E-state index in [1.54, 1.807) is 0 Å². The van der Waals surface area contributed by atoms with Crippen molar-refractivity contribution < 1.29 is 14.3 Å². The number of rotatable bonds is 9. The van der Waals surface area contributed by atoms with Crippen LogP contribution < -0.4 is 15.0 Å². The van der Waals surface area contributed by atoms with E-state index < -0.39 is 5.60 Å². The van der Waals surface area contributed by atoms with Crippen molar-refractivity contribution in [3.63, 3.8) is 0 Å². The van der Waals surface area contributed by atoms with Crippen molar-refractivity contribution in [2.45, 2.75) is 104 Å². The third-order valence-electron chi connectivity index (χ3n) is 7.60. The molecule has 1 aromatic carbocycles. The molecule has 1 saturated heterocycles. The number of nitrogens with zero attached hydrogens (tertiary/aromatic N) is 2. The second-order valence-electron chi connectivity index (χ2n) is 11.3. The Morgan fingerprint density at radius 3 is 2.62 bits per heavy atom. The van der Waals surface area contributed by atoms with Crippen LogP contribution in [0.5, 0.6) is 5.75 Å². The Morgan fingerprint density at radius 1 is 1.21 bits per heavy atom. The van der Waals surface area contributed by atoms with Crippen molar-refractivity contribution >= 4 is 17.5 Å². The number of anilines is 1. The van der Waals surface area contributed by atoms with Crippen molar-refractivity contribution in [3.05, 3.63) is 23.3 Å². The first-order valence-electron chi connectivity index (χ1n) is 13.4. The Kier molecular flexibility index (Phi) is 7.56. The summed E-state index contributed by atoms with van der Waals surface area (Å²) in [5.74, 6) is 1.67. The highest BCUT2D eigenvalue weighted by Crippen LogP contribution is 2.40. The molecule has 2 fully saturated rings. The number of hydrogen-bond acceptors (Lipinski definition) is 4. The van der Waals surface area contributed by atoms with Crippen LogP contribution >= 0.6 is 0 Å². The van der Waals surface area contributed by atoms with Crippen LogP contribution in [0.25, 0.3) is 0 Å². The van der Waals surface area contributed by atoms with Crippen LogP contribution in [0.15, 0.2) is 12.1 Å². The number of unbranched alkanes of at least 4 members (excludes halogenated alkanes) is 2. The zero-order valence-corrected chi connectivity index (χ0v) is 21.8. The van der Waals surface area contributed by atoms with Gasteiger partial charge in [0.1, 0.15) is 5.75 Å². The molecule has 1 atom stereocenters. The summed E-state index contributed by atoms with van der Waals surface area (Å²) in [4.78, 5) is 31.1. The highest BCUT2D eigenvalue weighted by Gasteiger charge is 2.41. The molecule has 1 N–H and O–H groups in total. The van der Waals surface area contributed by atoms with Gasteiger partial charge in [-0.3, -0.25) is 9.59 Å². The summed E-state index contributed by atoms with van der Waals surface area (Å²) in [6.45, 7) is 12.3. The Morgan fingerprint density at radius 2 is 1.97 bits per heavy atom. The molecule has 34 heavy (non-hydrogen) atoms. The molecule has 0 bridgehead atoms. The summed E-state index contributed by atoms with van der Waals surface area (Å²) >= 11 is 0. The van der Waals surface area contributed by atoms with Crippen LogP contribution in [-0.4, -0.2) is 54.0 Å². The van der Waals surface area contributed by atoms with Crippen molar-refractivity contribution in [2.75, 3.05) is 24.5 Å². The topological polar surface area (TPSA) is 61.9 Å². The maximum absolute atomic E-state index is 13.8. The molecule has 2 heterocycles. The van der Waals surface area contributed by atoms with Gasteiger partial charge in [0, 0.05) is 30.7 Å². The van der Waals surface area contributed by atoms with Gasteiger partial charge < -0.3 is 19.9 Å². The van der Waals surface area contributed by atoms with E-state index in [1.807, 2.05) is 42.7 Å². The van der Waals surface area contributed by atoms with Crippen molar-refractivity contribution in [1.29, 1.82) is 0 Å². The van der Waals surface area contributed by atoms with E-state index in [0.29, 0.717) is 17.9 Å². The maximum atomic E-state index is 13.8. The molecule has 0 spiro atoms. The van der Waals surface area contributed by atoms with Crippen LogP contribution in [0.4, 0.5) is 5.69 Å². The fourth-order valence-corrected chi connectivity index (χ4v) is 5.49. The predicted molar refractivity (Wildman–Crippen MR) is 137 cm³/mol. The minimum absolute atomic E-state index is 0.0263. The minimum Gasteiger partial charge on any atom is -0.476 e. The zero-order chi connectivity index (χ0) is 24.5. The molecule has 1 aliphatic carbocycles. The van der Waals surface area contributed by atoms with E-state index in [0.717, 1.165) is 55.9 Å². The Labute approximate surface area is 205 Å². The predicted octanol–water partition coefficient (Wildman–Crippen LogP) is 5.07. The fourth-order valence-electron chi connectivity index (χ4n) is 5.49. The summed E-state index contributed by atoms with van der Waals surface area (Å²) in [6.07, 6.45) is 9.53. The van der Waals surface area contributed by atoms with Crippen LogP contribution in [0.1, 0.15) is 95.0 Å². The Balaban J connectivity index is 1.58. The average Bonchev–Trinajstić information content (AvgIpc) is 3.60. The lowest BCUT2D eigenvalue weighted by atomic mass is 9.97. The molecule has 2 amide bonds. The van der Waals surface area contributed by atoms with E-state index in [9.17, 15) is 9.59 Å². The molecule has 0 unspecified atom stereocenters. The van der Waals surface area contributed by atoms with Gasteiger partial charge in [-0.1, -0.05) is 32.1 Å². The van der Waals surface area contributed by atoms with Gasteiger partial charge in [-0.05, 0) is 84.0 Å². The van der Waals surface area contributed by atoms with E-state index in [4.69, 9.17) is 4.74 Å². The molecule has 0 radical (unpaired) electrons. The van der Waals surface area contributed by atoms with Crippen molar-refractivity contribution in [3.8, 4) is 5.75 Å². The van der Waals surface area contributed by atoms with Gasteiger partial charge in [-0.2, -0.15) is 0 Å². The lowest BCUT2D eigenvalue weighted by Crippen LogP contribution is -2.53. The largest absolute Gasteiger partial charge is 0.476 e. The molecule has 0 aromatic heterocycles. The number of carbonyl (C=O) groups excluding carboxylic acids is 2. The average molecular weight is 470 g/mol. The highest BCUT2D eigenvalue weighted by atomic mass is 16.5. The monoisotopic (exact) mass is 469 g/mol. The Bertz CT molecular complexity index is 900. The van der Waals surface area contributed by atoms with Gasteiger partial charge in [0.15, 0.2) is 5.60 Å². The maximum Gasteiger partial charge on any atom is 0.270 e. The SMILES string of the molecule is Cc1cc2c(cc1C(=O)N(C(C)C)[C@@H]1CCCNC1)N(CCCCCC1CC1)C(=O)C(C)(C)O2. The lowest BCUT2D eigenvalue weighted by molar-refractivity contribution is -0.132. The van der Waals surface area contributed by atoms with Crippen LogP contribution in [0.2, 0.25) is 0 Å². The molecule has 3 aliphatic rings. The molecular formula is C28H43N3O3. The second kappa shape index (κ2) is 10.3. The number of aryl methyl sites for hydroxylation is 1. The van der Waals surface area contributed by atoms with Crippen molar-refractivity contribution in [2.24, 2.45) is 5.92 Å². The lowest BCUT2D eigenvalue weighted by Gasteiger charge is -2.40. The summed E-state index contributed by atoms with van der Waals surface area (Å²) in [5.41, 5.74) is 1.41. The summed E-state index contributed by atoms with van der Waals surface area (Å²) in [6, 6.07) is 4.16. The number of nitrogens with one attached hydrogen (secondary N) is 1. The second-order valence-corrected chi connectivity index (χ2v) is 11.3. The number of fused-ring (bicyclic) bond motifs is 1. The third kappa shape index (κ3) is 5.42. The normalized spacial score (nSPS) is 21.9. The molecule has 4 rings (SSSR count). The molecule has 6 nitrogen and oxygen atoms in total. The van der Waals surface area contributed by atoms with E-state index in [2.05, 4.69) is 19.2 Å². The van der Waals surface area contributed by atoms with E-state index in [1.165, 1.54) is 25.7 Å². The van der Waals surface area contributed by atoms with Crippen LogP contribution in [0.3, 0.4) is 0 Å². The number of benzene rings is 1. The third-order valence-corrected chi connectivity index (χ3v) is 7.60. The first-order chi connectivity index (χ1) is 16.2. The molecule has 188 valence electrons. The fraction of sp³-hybridized carbons (Fsp3) is 0.714. The van der Waals surface area contributed by atoms with E-state index >= 15 is 0 Å². The summed E-state index contributed by atoms with van der Waals surface area (Å²) in [5, 5.41) is 3.44. The van der Waals surface area contributed by atoms with Gasteiger partial charge in [-0.25, -0.2) is 0 Å². The van der Waals surface area contributed by atoms with Gasteiger partial charge in [0.05, 0.1) is 5.69 Å². The first-order valence-corrected chi connectivity index (χ1v) is 13.4. The molecular weight excluding hydrogens is 426 g/mol. The molecule has 1 saturated carbocycles. The Hall–Kier alpha value is -2.08. The van der Waals surface area contributed by atoms with Crippen LogP contribution in [-0.2, 0) is 4.79 Å². The molecule has 1 aromatic rings. The number of carbonyl (C=O) groups is 2. The number of ether oxygens (including phenoxy) is 1. The van der Waals surface area contributed by atoms with Crippen molar-refractivity contribution in [1.82, 2.24) is 10.2 Å². The minimum atomic E-state index is -0.906. The van der Waals surface area contributed by atoms with Gasteiger partial charge >= 0.3 is 0 Å². The summed E-state index contributed by atoms with van der Waals surface area (Å²) in [7, 11) is 0. The zero-order valence-electron chi connectivity index (χ0n) is 21.8. The van der Waals surface area contributed by atoms with Gasteiger partial charge in [0.25, 0.3) is 11.8 Å². The van der Waals surface area contributed by atoms with Gasteiger partial charge in [-0.15, -0.1) is 0 Å². The summed E-state index contributed by atoms with van der Waals surface area (Å²) < 4.78 is 6.14. The number of amides is 2. The molecule has 2 aliphatic heterocycles. The number of piperidine rings is 1. The van der Waals surface area contributed by atoms with Crippen LogP contribution in [0, 0.1) is 12.8 Å². The first kappa shape index (κ1) is 25.0. The van der Waals surface area contributed by atoms with Gasteiger partial charge in [0.2, 0.25) is 0 Å². The quantitative estimate of drug-likeness (QED) is 0.513. The standard InChI is InChI=1S/C28H43N3O3/c1-19(2)31(22-11-9-14-29-18-22)26(32)23-17-24-25(16-20(23)3)34-28(4,5)27(33)30(24)15-8-6-7-10-21-12-13-21/h16-17,19,21-22,29H,6-15,18H2,1-5H3/t22-/m1/s1. The molecule has 6 heteroatoms. The smallest absolute Gasteiger partial charge is 0.270 e.